The van der Waals surface area contributed by atoms with Crippen molar-refractivity contribution in [3.05, 3.63) is 96.6 Å². The molecule has 5 aliphatic rings. The van der Waals surface area contributed by atoms with Crippen molar-refractivity contribution >= 4 is 35.0 Å². The first-order chi connectivity index (χ1) is 22.4. The van der Waals surface area contributed by atoms with Crippen molar-refractivity contribution in [3.8, 4) is 11.5 Å². The van der Waals surface area contributed by atoms with E-state index in [1.807, 2.05) is 42.5 Å². The smallest absolute Gasteiger partial charge is 0.238 e. The van der Waals surface area contributed by atoms with Gasteiger partial charge in [0.25, 0.3) is 0 Å². The van der Waals surface area contributed by atoms with Crippen LogP contribution < -0.4 is 19.3 Å². The summed E-state index contributed by atoms with van der Waals surface area (Å²) in [5.41, 5.74) is 0.501. The number of anilines is 2. The first kappa shape index (κ1) is 30.0. The molecule has 236 valence electrons. The van der Waals surface area contributed by atoms with E-state index in [1.165, 1.54) is 9.80 Å². The van der Waals surface area contributed by atoms with Crippen LogP contribution in [0.15, 0.2) is 91.0 Å². The zero-order valence-corrected chi connectivity index (χ0v) is 26.1. The fraction of sp³-hybridized carbons (Fsp3) is 0.368. The highest BCUT2D eigenvalue weighted by molar-refractivity contribution is 6.27. The summed E-state index contributed by atoms with van der Waals surface area (Å²) in [6.45, 7) is 5.37. The Bertz CT molecular complexity index is 1580. The van der Waals surface area contributed by atoms with E-state index in [2.05, 4.69) is 13.8 Å². The molecule has 8 heteroatoms. The monoisotopic (exact) mass is 618 g/mol. The third-order valence-electron chi connectivity index (χ3n) is 10.2. The van der Waals surface area contributed by atoms with Gasteiger partial charge in [0.05, 0.1) is 48.3 Å². The average Bonchev–Trinajstić information content (AvgIpc) is 3.53. The number of amides is 4. The summed E-state index contributed by atoms with van der Waals surface area (Å²) >= 11 is 0. The van der Waals surface area contributed by atoms with Crippen molar-refractivity contribution in [1.29, 1.82) is 0 Å². The van der Waals surface area contributed by atoms with Crippen LogP contribution in [-0.4, -0.2) is 36.8 Å². The Morgan fingerprint density at radius 2 is 1.07 bits per heavy atom. The maximum absolute atomic E-state index is 14.5. The van der Waals surface area contributed by atoms with Crippen molar-refractivity contribution in [2.75, 3.05) is 23.0 Å². The number of hydrogen-bond donors (Lipinski definition) is 0. The van der Waals surface area contributed by atoms with Crippen LogP contribution in [0.1, 0.15) is 45.1 Å². The molecule has 6 atom stereocenters. The Balaban J connectivity index is 1.26. The summed E-state index contributed by atoms with van der Waals surface area (Å²) in [6.07, 6.45) is 7.74. The number of benzene rings is 3. The molecule has 4 amide bonds. The molecule has 8 rings (SSSR count). The first-order valence-electron chi connectivity index (χ1n) is 16.4. The second kappa shape index (κ2) is 11.9. The molecule has 3 aromatic rings. The molecule has 1 saturated carbocycles. The third kappa shape index (κ3) is 4.49. The van der Waals surface area contributed by atoms with Gasteiger partial charge < -0.3 is 9.47 Å². The summed E-state index contributed by atoms with van der Waals surface area (Å²) in [7, 11) is 0. The molecule has 2 aliphatic heterocycles. The Hall–Kier alpha value is -4.72. The number of nitrogens with zero attached hydrogens (tertiary/aromatic N) is 2. The first-order valence-corrected chi connectivity index (χ1v) is 16.4. The van der Waals surface area contributed by atoms with Gasteiger partial charge in [0, 0.05) is 11.3 Å². The fourth-order valence-corrected chi connectivity index (χ4v) is 8.04. The molecule has 3 aromatic carbocycles. The second-order valence-electron chi connectivity index (χ2n) is 12.7. The lowest BCUT2D eigenvalue weighted by Crippen LogP contribution is -2.60. The highest BCUT2D eigenvalue weighted by atomic mass is 16.5. The van der Waals surface area contributed by atoms with E-state index in [-0.39, 0.29) is 23.6 Å². The molecule has 3 unspecified atom stereocenters. The standard InChI is InChI=1S/C38H38N2O6/c1-3-5-22-45-27-16-12-25(13-17-27)39-34(41)30-29-20-21-38(32(30)36(39)43,24-10-8-7-9-11-24)33-31(29)35(42)40(37(33)44)26-14-18-28(19-15-26)46-23-6-4-2/h7-21,29-33H,3-6,22-23H2,1-2H3/t29?,30-,31+,32+,33?,38?/m0/s1. The molecule has 2 bridgehead atoms. The Morgan fingerprint density at radius 3 is 1.50 bits per heavy atom. The topological polar surface area (TPSA) is 93.2 Å². The van der Waals surface area contributed by atoms with Crippen LogP contribution in [0.2, 0.25) is 0 Å². The lowest BCUT2D eigenvalue weighted by molar-refractivity contribution is -0.140. The van der Waals surface area contributed by atoms with Crippen LogP contribution in [0.3, 0.4) is 0 Å². The molecule has 3 aliphatic carbocycles. The van der Waals surface area contributed by atoms with Crippen LogP contribution in [0.5, 0.6) is 11.5 Å². The highest BCUT2D eigenvalue weighted by Gasteiger charge is 2.75. The number of carbonyl (C=O) groups excluding carboxylic acids is 4. The number of unbranched alkanes of at least 4 members (excludes halogenated alkanes) is 2. The van der Waals surface area contributed by atoms with E-state index in [9.17, 15) is 19.2 Å². The predicted molar refractivity (Wildman–Crippen MR) is 173 cm³/mol. The highest BCUT2D eigenvalue weighted by Crippen LogP contribution is 2.65. The fourth-order valence-electron chi connectivity index (χ4n) is 8.04. The van der Waals surface area contributed by atoms with Gasteiger partial charge in [-0.1, -0.05) is 69.2 Å². The van der Waals surface area contributed by atoms with Crippen LogP contribution >= 0.6 is 0 Å². The minimum Gasteiger partial charge on any atom is -0.494 e. The van der Waals surface area contributed by atoms with Gasteiger partial charge in [0.15, 0.2) is 0 Å². The molecule has 2 heterocycles. The van der Waals surface area contributed by atoms with E-state index in [4.69, 9.17) is 9.47 Å². The average molecular weight is 619 g/mol. The Morgan fingerprint density at radius 1 is 0.609 bits per heavy atom. The van der Waals surface area contributed by atoms with Crippen molar-refractivity contribution in [3.63, 3.8) is 0 Å². The zero-order chi connectivity index (χ0) is 32.0. The predicted octanol–water partition coefficient (Wildman–Crippen LogP) is 6.09. The maximum Gasteiger partial charge on any atom is 0.238 e. The molecule has 0 spiro atoms. The summed E-state index contributed by atoms with van der Waals surface area (Å²) < 4.78 is 11.6. The van der Waals surface area contributed by atoms with E-state index in [1.54, 1.807) is 48.5 Å². The maximum atomic E-state index is 14.5. The second-order valence-corrected chi connectivity index (χ2v) is 12.7. The van der Waals surface area contributed by atoms with Gasteiger partial charge in [0.1, 0.15) is 11.5 Å². The lowest BCUT2D eigenvalue weighted by atomic mass is 9.45. The molecule has 46 heavy (non-hydrogen) atoms. The minimum absolute atomic E-state index is 0.338. The van der Waals surface area contributed by atoms with Crippen LogP contribution in [0.25, 0.3) is 0 Å². The molecule has 3 fully saturated rings. The number of rotatable bonds is 11. The van der Waals surface area contributed by atoms with Gasteiger partial charge in [-0.3, -0.25) is 19.2 Å². The summed E-state index contributed by atoms with van der Waals surface area (Å²) in [6, 6.07) is 23.4. The minimum atomic E-state index is -1.17. The molecule has 8 nitrogen and oxygen atoms in total. The Labute approximate surface area is 269 Å². The normalized spacial score (nSPS) is 27.7. The van der Waals surface area contributed by atoms with Gasteiger partial charge in [-0.15, -0.1) is 0 Å². The van der Waals surface area contributed by atoms with Crippen molar-refractivity contribution in [2.45, 2.75) is 44.9 Å². The number of allylic oxidation sites excluding steroid dienone is 2. The van der Waals surface area contributed by atoms with Gasteiger partial charge in [-0.2, -0.15) is 0 Å². The van der Waals surface area contributed by atoms with E-state index in [0.29, 0.717) is 36.1 Å². The molecule has 0 aromatic heterocycles. The molecular formula is C38H38N2O6. The number of imide groups is 2. The van der Waals surface area contributed by atoms with E-state index < -0.39 is 35.0 Å². The third-order valence-corrected chi connectivity index (χ3v) is 10.2. The SMILES string of the molecule is CCCCOc1ccc(N2C(=O)C3[C@H](C2=O)C2C=CC3(c3ccccc3)[C@H]3C(=O)N(c4ccc(OCCCC)cc4)C(=O)[C@@H]23)cc1. The van der Waals surface area contributed by atoms with Crippen LogP contribution in [0.4, 0.5) is 11.4 Å². The lowest BCUT2D eigenvalue weighted by Gasteiger charge is -2.53. The van der Waals surface area contributed by atoms with Crippen molar-refractivity contribution in [2.24, 2.45) is 29.6 Å². The number of carbonyl (C=O) groups is 4. The van der Waals surface area contributed by atoms with Crippen LogP contribution in [0, 0.1) is 29.6 Å². The van der Waals surface area contributed by atoms with Crippen LogP contribution in [-0.2, 0) is 24.6 Å². The number of ether oxygens (including phenoxy) is 2. The molecule has 0 N–H and O–H groups in total. The van der Waals surface area contributed by atoms with Crippen molar-refractivity contribution in [1.82, 2.24) is 0 Å². The van der Waals surface area contributed by atoms with Gasteiger partial charge in [-0.05, 0) is 66.9 Å². The zero-order valence-electron chi connectivity index (χ0n) is 26.1. The number of hydrogen-bond acceptors (Lipinski definition) is 6. The molecule has 2 saturated heterocycles. The van der Waals surface area contributed by atoms with E-state index >= 15 is 0 Å². The summed E-state index contributed by atoms with van der Waals surface area (Å²) in [4.78, 5) is 60.1. The quantitative estimate of drug-likeness (QED) is 0.147. The van der Waals surface area contributed by atoms with Gasteiger partial charge in [-0.25, -0.2) is 9.80 Å². The summed E-state index contributed by atoms with van der Waals surface area (Å²) in [5, 5.41) is 0. The van der Waals surface area contributed by atoms with Crippen molar-refractivity contribution < 1.29 is 28.7 Å². The largest absolute Gasteiger partial charge is 0.494 e. The van der Waals surface area contributed by atoms with Gasteiger partial charge in [0.2, 0.25) is 23.6 Å². The van der Waals surface area contributed by atoms with Gasteiger partial charge >= 0.3 is 0 Å². The molecule has 0 radical (unpaired) electrons. The Kier molecular flexibility index (Phi) is 7.75. The summed E-state index contributed by atoms with van der Waals surface area (Å²) in [5.74, 6) is -3.82. The molecular weight excluding hydrogens is 580 g/mol. The van der Waals surface area contributed by atoms with E-state index in [0.717, 1.165) is 31.2 Å².